The van der Waals surface area contributed by atoms with Crippen LogP contribution in [-0.2, 0) is 16.6 Å². The summed E-state index contributed by atoms with van der Waals surface area (Å²) in [5.74, 6) is -0.0554. The van der Waals surface area contributed by atoms with Crippen LogP contribution in [0.3, 0.4) is 0 Å². The number of hydrogen-bond acceptors (Lipinski definition) is 1. The van der Waals surface area contributed by atoms with Crippen LogP contribution in [-0.4, -0.2) is 37.1 Å². The predicted octanol–water partition coefficient (Wildman–Crippen LogP) is 5.26. The molecule has 172 valence electrons. The van der Waals surface area contributed by atoms with Gasteiger partial charge in [-0.2, -0.15) is 0 Å². The van der Waals surface area contributed by atoms with Crippen LogP contribution in [0.5, 0.6) is 0 Å². The summed E-state index contributed by atoms with van der Waals surface area (Å²) in [5, 5.41) is 0. The molecule has 1 aliphatic heterocycles. The van der Waals surface area contributed by atoms with Crippen molar-refractivity contribution >= 4 is 5.91 Å². The van der Waals surface area contributed by atoms with E-state index in [1.54, 1.807) is 0 Å². The van der Waals surface area contributed by atoms with E-state index in [2.05, 4.69) is 80.7 Å². The number of primary amides is 1. The highest BCUT2D eigenvalue weighted by Gasteiger charge is 2.53. The Morgan fingerprint density at radius 1 is 0.939 bits per heavy atom. The molecule has 0 spiro atoms. The fourth-order valence-corrected chi connectivity index (χ4v) is 5.92. The van der Waals surface area contributed by atoms with E-state index in [-0.39, 0.29) is 11.8 Å². The molecular weight excluding hydrogens is 404 g/mol. The van der Waals surface area contributed by atoms with Crippen LogP contribution in [0.2, 0.25) is 0 Å². The largest absolute Gasteiger partial charge is 0.369 e. The summed E-state index contributed by atoms with van der Waals surface area (Å²) >= 11 is 0. The molecule has 3 nitrogen and oxygen atoms in total. The monoisotopic (exact) mass is 441 g/mol. The molecule has 0 aliphatic carbocycles. The van der Waals surface area contributed by atoms with Crippen LogP contribution in [0.15, 0.2) is 84.9 Å². The topological polar surface area (TPSA) is 43.1 Å². The molecule has 1 aliphatic rings. The van der Waals surface area contributed by atoms with Gasteiger partial charge in [0.1, 0.15) is 5.41 Å². The van der Waals surface area contributed by atoms with E-state index in [1.807, 2.05) is 18.2 Å². The van der Waals surface area contributed by atoms with Gasteiger partial charge in [-0.05, 0) is 42.9 Å². The van der Waals surface area contributed by atoms with Gasteiger partial charge in [0.2, 0.25) is 5.91 Å². The first-order valence-corrected chi connectivity index (χ1v) is 12.2. The molecule has 3 aromatic carbocycles. The Morgan fingerprint density at radius 2 is 1.61 bits per heavy atom. The van der Waals surface area contributed by atoms with Gasteiger partial charge in [-0.3, -0.25) is 4.79 Å². The second-order valence-electron chi connectivity index (χ2n) is 10.1. The van der Waals surface area contributed by atoms with E-state index in [0.717, 1.165) is 53.6 Å². The van der Waals surface area contributed by atoms with Crippen LogP contribution in [0.1, 0.15) is 41.5 Å². The molecule has 0 bridgehead atoms. The lowest BCUT2D eigenvalue weighted by molar-refractivity contribution is -0.899. The van der Waals surface area contributed by atoms with Gasteiger partial charge < -0.3 is 10.2 Å². The highest BCUT2D eigenvalue weighted by Crippen LogP contribution is 2.45. The summed E-state index contributed by atoms with van der Waals surface area (Å²) in [4.78, 5) is 13.4. The molecule has 4 rings (SSSR count). The molecule has 1 heterocycles. The number of nitrogens with zero attached hydrogens (tertiary/aromatic N) is 1. The number of rotatable bonds is 9. The maximum atomic E-state index is 13.4. The lowest BCUT2D eigenvalue weighted by atomic mass is 9.64. The quantitative estimate of drug-likeness (QED) is 0.357. The van der Waals surface area contributed by atoms with Crippen molar-refractivity contribution in [3.63, 3.8) is 0 Å². The van der Waals surface area contributed by atoms with Crippen LogP contribution < -0.4 is 5.73 Å². The van der Waals surface area contributed by atoms with Crippen LogP contribution >= 0.6 is 0 Å². The molecule has 1 saturated heterocycles. The van der Waals surface area contributed by atoms with Crippen LogP contribution in [0.4, 0.5) is 0 Å². The van der Waals surface area contributed by atoms with E-state index < -0.39 is 5.41 Å². The third-order valence-corrected chi connectivity index (χ3v) is 7.64. The number of aryl methyl sites for hydroxylation is 2. The fraction of sp³-hybridized carbons (Fsp3) is 0.367. The maximum absolute atomic E-state index is 13.4. The minimum absolute atomic E-state index is 0.179. The summed E-state index contributed by atoms with van der Waals surface area (Å²) in [6.45, 7) is 5.28. The van der Waals surface area contributed by atoms with E-state index in [9.17, 15) is 4.79 Å². The number of nitrogens with two attached hydrogens (primary N) is 1. The molecule has 2 unspecified atom stereocenters. The van der Waals surface area contributed by atoms with Gasteiger partial charge >= 0.3 is 0 Å². The minimum Gasteiger partial charge on any atom is -0.369 e. The highest BCUT2D eigenvalue weighted by molar-refractivity contribution is 5.91. The second-order valence-corrected chi connectivity index (χ2v) is 10.1. The van der Waals surface area contributed by atoms with Gasteiger partial charge in [-0.25, -0.2) is 0 Å². The zero-order chi connectivity index (χ0) is 23.3. The molecule has 33 heavy (non-hydrogen) atoms. The second kappa shape index (κ2) is 9.93. The standard InChI is InChI=1S/C30H36N2O/c1-24-12-11-18-27(22-24)30(29(31)33,26-16-7-4-8-17-26)28-19-21-32(2,23-28)20-10-9-15-25-13-5-3-6-14-25/h3-8,11-14,16-18,22,28H,9-10,15,19-21,23H2,1-2H3,(H-,31,33)/p+1/t28?,30?,32-/m0/s1. The number of carbonyl (C=O) groups is 1. The number of unbranched alkanes of at least 4 members (excludes halogenated alkanes) is 1. The van der Waals surface area contributed by atoms with Gasteiger partial charge in [0.15, 0.2) is 0 Å². The van der Waals surface area contributed by atoms with Crippen molar-refractivity contribution in [3.8, 4) is 0 Å². The zero-order valence-corrected chi connectivity index (χ0v) is 20.0. The maximum Gasteiger partial charge on any atom is 0.233 e. The van der Waals surface area contributed by atoms with Crippen molar-refractivity contribution in [2.75, 3.05) is 26.7 Å². The Kier molecular flexibility index (Phi) is 6.99. The summed E-state index contributed by atoms with van der Waals surface area (Å²) in [5.41, 5.74) is 10.1. The first kappa shape index (κ1) is 23.3. The summed E-state index contributed by atoms with van der Waals surface area (Å²) in [7, 11) is 2.36. The normalized spacial score (nSPS) is 22.1. The fourth-order valence-electron chi connectivity index (χ4n) is 5.92. The molecule has 0 radical (unpaired) electrons. The van der Waals surface area contributed by atoms with Gasteiger partial charge in [-0.15, -0.1) is 0 Å². The summed E-state index contributed by atoms with van der Waals surface area (Å²) < 4.78 is 1.01. The van der Waals surface area contributed by atoms with Gasteiger partial charge in [-0.1, -0.05) is 90.5 Å². The summed E-state index contributed by atoms with van der Waals surface area (Å²) in [6.07, 6.45) is 4.52. The Morgan fingerprint density at radius 3 is 2.27 bits per heavy atom. The molecule has 2 N–H and O–H groups in total. The lowest BCUT2D eigenvalue weighted by Gasteiger charge is -2.38. The molecule has 1 amide bonds. The van der Waals surface area contributed by atoms with Gasteiger partial charge in [0.05, 0.1) is 26.7 Å². The summed E-state index contributed by atoms with van der Waals surface area (Å²) in [6, 6.07) is 29.3. The molecular formula is C30H37N2O+. The van der Waals surface area contributed by atoms with Crippen molar-refractivity contribution < 1.29 is 9.28 Å². The van der Waals surface area contributed by atoms with Crippen LogP contribution in [0.25, 0.3) is 0 Å². The molecule has 3 heteroatoms. The molecule has 3 aromatic rings. The van der Waals surface area contributed by atoms with E-state index in [4.69, 9.17) is 5.73 Å². The Bertz CT molecular complexity index is 1060. The number of amides is 1. The third-order valence-electron chi connectivity index (χ3n) is 7.64. The number of hydrogen-bond donors (Lipinski definition) is 1. The van der Waals surface area contributed by atoms with Crippen molar-refractivity contribution in [3.05, 3.63) is 107 Å². The van der Waals surface area contributed by atoms with Crippen molar-refractivity contribution in [2.24, 2.45) is 11.7 Å². The van der Waals surface area contributed by atoms with Gasteiger partial charge in [0, 0.05) is 12.3 Å². The smallest absolute Gasteiger partial charge is 0.233 e. The molecule has 1 fully saturated rings. The van der Waals surface area contributed by atoms with Gasteiger partial charge in [0.25, 0.3) is 0 Å². The number of carbonyl (C=O) groups excluding carboxylic acids is 1. The highest BCUT2D eigenvalue weighted by atomic mass is 16.1. The molecule has 0 aromatic heterocycles. The van der Waals surface area contributed by atoms with E-state index in [0.29, 0.717) is 0 Å². The van der Waals surface area contributed by atoms with Crippen molar-refractivity contribution in [1.29, 1.82) is 0 Å². The lowest BCUT2D eigenvalue weighted by Crippen LogP contribution is -2.51. The average Bonchev–Trinajstić information content (AvgIpc) is 3.21. The average molecular weight is 442 g/mol. The minimum atomic E-state index is -0.798. The molecule has 3 atom stereocenters. The molecule has 0 saturated carbocycles. The first-order chi connectivity index (χ1) is 15.9. The number of quaternary nitrogens is 1. The first-order valence-electron chi connectivity index (χ1n) is 12.2. The predicted molar refractivity (Wildman–Crippen MR) is 136 cm³/mol. The van der Waals surface area contributed by atoms with Crippen molar-refractivity contribution in [1.82, 2.24) is 0 Å². The SMILES string of the molecule is Cc1cccc(C(C(N)=O)(c2ccccc2)C2CC[N@+](C)(CCCCc3ccccc3)C2)c1. The van der Waals surface area contributed by atoms with Crippen LogP contribution in [0, 0.1) is 12.8 Å². The van der Waals surface area contributed by atoms with E-state index in [1.165, 1.54) is 18.4 Å². The zero-order valence-electron chi connectivity index (χ0n) is 20.0. The number of likely N-dealkylation sites (tertiary alicyclic amines) is 1. The van der Waals surface area contributed by atoms with E-state index >= 15 is 0 Å². The van der Waals surface area contributed by atoms with Crippen molar-refractivity contribution in [2.45, 2.75) is 38.0 Å². The number of benzene rings is 3. The Hall–Kier alpha value is -2.91. The Balaban J connectivity index is 1.56. The third kappa shape index (κ3) is 4.89. The Labute approximate surface area is 198 Å².